The standard InChI is InChI=1S/C15H12FN3O2/c1-21-15(20)12-7-11(3-4-13(12)18)19-14-5-2-10(16)6-9(14)8-17/h2-7,19H,18H2,1H3. The van der Waals surface area contributed by atoms with Crippen LogP contribution in [0.25, 0.3) is 0 Å². The predicted octanol–water partition coefficient (Wildman–Crippen LogP) is 2.81. The Morgan fingerprint density at radius 3 is 2.76 bits per heavy atom. The topological polar surface area (TPSA) is 88.1 Å². The van der Waals surface area contributed by atoms with Crippen LogP contribution in [0.1, 0.15) is 15.9 Å². The van der Waals surface area contributed by atoms with Gasteiger partial charge in [0.15, 0.2) is 0 Å². The lowest BCUT2D eigenvalue weighted by Gasteiger charge is -2.11. The molecule has 0 saturated carbocycles. The predicted molar refractivity (Wildman–Crippen MR) is 76.6 cm³/mol. The minimum absolute atomic E-state index is 0.159. The van der Waals surface area contributed by atoms with Crippen LogP contribution >= 0.6 is 0 Å². The third kappa shape index (κ3) is 3.09. The summed E-state index contributed by atoms with van der Waals surface area (Å²) in [6.07, 6.45) is 0. The van der Waals surface area contributed by atoms with Crippen LogP contribution in [0.2, 0.25) is 0 Å². The average molecular weight is 285 g/mol. The lowest BCUT2D eigenvalue weighted by Crippen LogP contribution is -2.06. The Kier molecular flexibility index (Phi) is 4.05. The third-order valence-electron chi connectivity index (χ3n) is 2.84. The van der Waals surface area contributed by atoms with Gasteiger partial charge in [-0.3, -0.25) is 0 Å². The number of carbonyl (C=O) groups excluding carboxylic acids is 1. The molecule has 0 heterocycles. The van der Waals surface area contributed by atoms with E-state index in [0.29, 0.717) is 11.4 Å². The molecule has 0 aromatic heterocycles. The second kappa shape index (κ2) is 5.92. The molecule has 0 aliphatic carbocycles. The highest BCUT2D eigenvalue weighted by molar-refractivity contribution is 5.96. The summed E-state index contributed by atoms with van der Waals surface area (Å²) in [5.41, 5.74) is 7.32. The van der Waals surface area contributed by atoms with Crippen LogP contribution < -0.4 is 11.1 Å². The first-order chi connectivity index (χ1) is 10.0. The summed E-state index contributed by atoms with van der Waals surface area (Å²) in [5.74, 6) is -1.06. The van der Waals surface area contributed by atoms with Crippen molar-refractivity contribution in [3.8, 4) is 6.07 Å². The van der Waals surface area contributed by atoms with Crippen LogP contribution in [0.15, 0.2) is 36.4 Å². The van der Waals surface area contributed by atoms with E-state index in [1.807, 2.05) is 6.07 Å². The number of carbonyl (C=O) groups is 1. The number of anilines is 3. The lowest BCUT2D eigenvalue weighted by atomic mass is 10.1. The molecule has 0 unspecified atom stereocenters. The van der Waals surface area contributed by atoms with Crippen molar-refractivity contribution < 1.29 is 13.9 Å². The summed E-state index contributed by atoms with van der Waals surface area (Å²) >= 11 is 0. The molecule has 106 valence electrons. The van der Waals surface area contributed by atoms with E-state index in [2.05, 4.69) is 10.1 Å². The van der Waals surface area contributed by atoms with E-state index in [0.717, 1.165) is 6.07 Å². The number of nitrogens with zero attached hydrogens (tertiary/aromatic N) is 1. The lowest BCUT2D eigenvalue weighted by molar-refractivity contribution is 0.0602. The molecule has 6 heteroatoms. The van der Waals surface area contributed by atoms with Gasteiger partial charge < -0.3 is 15.8 Å². The second-order valence-corrected chi connectivity index (χ2v) is 4.22. The fourth-order valence-electron chi connectivity index (χ4n) is 1.79. The summed E-state index contributed by atoms with van der Waals surface area (Å²) in [6, 6.07) is 10.4. The second-order valence-electron chi connectivity index (χ2n) is 4.22. The zero-order valence-corrected chi connectivity index (χ0v) is 11.2. The molecule has 0 bridgehead atoms. The van der Waals surface area contributed by atoms with Crippen molar-refractivity contribution >= 4 is 23.0 Å². The number of nitrogens with one attached hydrogen (secondary N) is 1. The van der Waals surface area contributed by atoms with Gasteiger partial charge in [0.25, 0.3) is 0 Å². The van der Waals surface area contributed by atoms with Gasteiger partial charge in [-0.05, 0) is 36.4 Å². The number of ether oxygens (including phenoxy) is 1. The van der Waals surface area contributed by atoms with Crippen LogP contribution in [0.3, 0.4) is 0 Å². The van der Waals surface area contributed by atoms with Crippen LogP contribution in [0.4, 0.5) is 21.5 Å². The van der Waals surface area contributed by atoms with Gasteiger partial charge in [-0.1, -0.05) is 0 Å². The summed E-state index contributed by atoms with van der Waals surface area (Å²) in [7, 11) is 1.26. The first-order valence-corrected chi connectivity index (χ1v) is 5.99. The SMILES string of the molecule is COC(=O)c1cc(Nc2ccc(F)cc2C#N)ccc1N. The Hall–Kier alpha value is -3.07. The highest BCUT2D eigenvalue weighted by Crippen LogP contribution is 2.24. The number of nitrogen functional groups attached to an aromatic ring is 1. The van der Waals surface area contributed by atoms with Gasteiger partial charge in [-0.15, -0.1) is 0 Å². The first-order valence-electron chi connectivity index (χ1n) is 5.99. The molecule has 0 atom stereocenters. The minimum atomic E-state index is -0.559. The number of methoxy groups -OCH3 is 1. The average Bonchev–Trinajstić information content (AvgIpc) is 2.50. The molecule has 0 amide bonds. The number of hydrogen-bond donors (Lipinski definition) is 2. The van der Waals surface area contributed by atoms with Gasteiger partial charge in [0.05, 0.1) is 23.9 Å². The number of benzene rings is 2. The van der Waals surface area contributed by atoms with Gasteiger partial charge in [0.1, 0.15) is 11.9 Å². The minimum Gasteiger partial charge on any atom is -0.465 e. The monoisotopic (exact) mass is 285 g/mol. The fraction of sp³-hybridized carbons (Fsp3) is 0.0667. The van der Waals surface area contributed by atoms with Gasteiger partial charge >= 0.3 is 5.97 Å². The fourth-order valence-corrected chi connectivity index (χ4v) is 1.79. The summed E-state index contributed by atoms with van der Waals surface area (Å²) in [6.45, 7) is 0. The molecule has 2 rings (SSSR count). The smallest absolute Gasteiger partial charge is 0.340 e. The van der Waals surface area contributed by atoms with Crippen molar-refractivity contribution in [3.63, 3.8) is 0 Å². The van der Waals surface area contributed by atoms with E-state index < -0.39 is 11.8 Å². The maximum atomic E-state index is 13.1. The molecule has 0 aliphatic rings. The number of rotatable bonds is 3. The molecule has 0 saturated heterocycles. The van der Waals surface area contributed by atoms with Crippen molar-refractivity contribution in [2.75, 3.05) is 18.2 Å². The highest BCUT2D eigenvalue weighted by atomic mass is 19.1. The molecule has 2 aromatic rings. The van der Waals surface area contributed by atoms with E-state index in [1.54, 1.807) is 12.1 Å². The van der Waals surface area contributed by atoms with Crippen LogP contribution in [0.5, 0.6) is 0 Å². The van der Waals surface area contributed by atoms with E-state index in [4.69, 9.17) is 11.0 Å². The molecule has 0 radical (unpaired) electrons. The number of nitrogens with two attached hydrogens (primary N) is 1. The van der Waals surface area contributed by atoms with Crippen molar-refractivity contribution in [3.05, 3.63) is 53.3 Å². The first kappa shape index (κ1) is 14.3. The molecule has 0 aliphatic heterocycles. The van der Waals surface area contributed by atoms with Crippen molar-refractivity contribution in [2.45, 2.75) is 0 Å². The number of nitriles is 1. The van der Waals surface area contributed by atoms with Gasteiger partial charge in [0.2, 0.25) is 0 Å². The number of halogens is 1. The molecule has 21 heavy (non-hydrogen) atoms. The van der Waals surface area contributed by atoms with Gasteiger partial charge in [0, 0.05) is 11.4 Å². The summed E-state index contributed by atoms with van der Waals surface area (Å²) in [5, 5.41) is 11.9. The Labute approximate surface area is 120 Å². The normalized spacial score (nSPS) is 9.76. The van der Waals surface area contributed by atoms with Crippen LogP contribution in [-0.4, -0.2) is 13.1 Å². The Morgan fingerprint density at radius 1 is 1.33 bits per heavy atom. The highest BCUT2D eigenvalue weighted by Gasteiger charge is 2.11. The zero-order valence-electron chi connectivity index (χ0n) is 11.2. The Morgan fingerprint density at radius 2 is 2.10 bits per heavy atom. The van der Waals surface area contributed by atoms with Crippen LogP contribution in [0, 0.1) is 17.1 Å². The molecule has 0 spiro atoms. The zero-order chi connectivity index (χ0) is 15.4. The molecule has 0 fully saturated rings. The van der Waals surface area contributed by atoms with Crippen molar-refractivity contribution in [1.82, 2.24) is 0 Å². The Balaban J connectivity index is 2.37. The summed E-state index contributed by atoms with van der Waals surface area (Å²) < 4.78 is 17.7. The number of esters is 1. The quantitative estimate of drug-likeness (QED) is 0.668. The maximum Gasteiger partial charge on any atom is 0.340 e. The summed E-state index contributed by atoms with van der Waals surface area (Å²) in [4.78, 5) is 11.6. The van der Waals surface area contributed by atoms with E-state index in [1.165, 1.54) is 25.3 Å². The van der Waals surface area contributed by atoms with Gasteiger partial charge in [-0.2, -0.15) is 5.26 Å². The van der Waals surface area contributed by atoms with Crippen LogP contribution in [-0.2, 0) is 4.74 Å². The Bertz CT molecular complexity index is 738. The van der Waals surface area contributed by atoms with E-state index in [9.17, 15) is 9.18 Å². The number of hydrogen-bond acceptors (Lipinski definition) is 5. The molecular formula is C15H12FN3O2. The van der Waals surface area contributed by atoms with E-state index in [-0.39, 0.29) is 16.8 Å². The largest absolute Gasteiger partial charge is 0.465 e. The van der Waals surface area contributed by atoms with Crippen molar-refractivity contribution in [1.29, 1.82) is 5.26 Å². The molecular weight excluding hydrogens is 273 g/mol. The van der Waals surface area contributed by atoms with Crippen molar-refractivity contribution in [2.24, 2.45) is 0 Å². The molecule has 3 N–H and O–H groups in total. The van der Waals surface area contributed by atoms with Gasteiger partial charge in [-0.25, -0.2) is 9.18 Å². The molecule has 5 nitrogen and oxygen atoms in total. The maximum absolute atomic E-state index is 13.1. The third-order valence-corrected chi connectivity index (χ3v) is 2.84. The van der Waals surface area contributed by atoms with E-state index >= 15 is 0 Å². The molecule has 2 aromatic carbocycles.